The van der Waals surface area contributed by atoms with Crippen LogP contribution in [0.1, 0.15) is 5.56 Å². The molecule has 134 valence electrons. The lowest BCUT2D eigenvalue weighted by Gasteiger charge is -2.35. The lowest BCUT2D eigenvalue weighted by atomic mass is 10.2. The Morgan fingerprint density at radius 2 is 1.67 bits per heavy atom. The molecule has 27 heavy (non-hydrogen) atoms. The summed E-state index contributed by atoms with van der Waals surface area (Å²) in [6.45, 7) is 3.33. The first-order valence-electron chi connectivity index (χ1n) is 8.68. The molecule has 2 aromatic heterocycles. The molecule has 8 heteroatoms. The lowest BCUT2D eigenvalue weighted by Crippen LogP contribution is -2.47. The molecule has 0 saturated carbocycles. The number of nitriles is 1. The van der Waals surface area contributed by atoms with Crippen LogP contribution in [0.5, 0.6) is 0 Å². The summed E-state index contributed by atoms with van der Waals surface area (Å²) in [5, 5.41) is 12.3. The molecule has 1 N–H and O–H groups in total. The predicted molar refractivity (Wildman–Crippen MR) is 103 cm³/mol. The second-order valence-electron chi connectivity index (χ2n) is 6.10. The quantitative estimate of drug-likeness (QED) is 0.759. The van der Waals surface area contributed by atoms with Crippen molar-refractivity contribution in [2.24, 2.45) is 0 Å². The van der Waals surface area contributed by atoms with Gasteiger partial charge in [0.15, 0.2) is 0 Å². The second kappa shape index (κ2) is 7.66. The van der Waals surface area contributed by atoms with E-state index in [0.29, 0.717) is 11.4 Å². The molecule has 1 aromatic carbocycles. The largest absolute Gasteiger partial charge is 0.353 e. The van der Waals surface area contributed by atoms with Crippen molar-refractivity contribution in [3.63, 3.8) is 0 Å². The van der Waals surface area contributed by atoms with Gasteiger partial charge in [-0.1, -0.05) is 6.07 Å². The standard InChI is InChI=1S/C19H18N8/c20-13-15-3-1-4-16(11-15)25-17-12-18(24-14-23-17)26-7-9-27(10-8-26)19-21-5-2-6-22-19/h1-6,11-12,14H,7-10H2,(H,23,24,25). The molecule has 0 atom stereocenters. The minimum Gasteiger partial charge on any atom is -0.353 e. The fourth-order valence-electron chi connectivity index (χ4n) is 2.99. The highest BCUT2D eigenvalue weighted by Gasteiger charge is 2.20. The third-order valence-electron chi connectivity index (χ3n) is 4.36. The van der Waals surface area contributed by atoms with Gasteiger partial charge >= 0.3 is 0 Å². The Morgan fingerprint density at radius 3 is 2.44 bits per heavy atom. The Morgan fingerprint density at radius 1 is 0.889 bits per heavy atom. The summed E-state index contributed by atoms with van der Waals surface area (Å²) in [6, 6.07) is 13.2. The number of nitrogens with one attached hydrogen (secondary N) is 1. The van der Waals surface area contributed by atoms with E-state index < -0.39 is 0 Å². The molecule has 3 aromatic rings. The van der Waals surface area contributed by atoms with E-state index in [1.807, 2.05) is 24.3 Å². The van der Waals surface area contributed by atoms with Crippen LogP contribution in [-0.4, -0.2) is 46.1 Å². The molecule has 0 bridgehead atoms. The number of nitrogens with zero attached hydrogens (tertiary/aromatic N) is 7. The number of benzene rings is 1. The SMILES string of the molecule is N#Cc1cccc(Nc2cc(N3CCN(c4ncccn4)CC3)ncn2)c1. The normalized spacial score (nSPS) is 13.9. The van der Waals surface area contributed by atoms with Crippen LogP contribution >= 0.6 is 0 Å². The van der Waals surface area contributed by atoms with Gasteiger partial charge in [-0.05, 0) is 24.3 Å². The average molecular weight is 358 g/mol. The topological polar surface area (TPSA) is 93.9 Å². The molecule has 3 heterocycles. The smallest absolute Gasteiger partial charge is 0.225 e. The Kier molecular flexibility index (Phi) is 4.74. The van der Waals surface area contributed by atoms with E-state index in [1.165, 1.54) is 0 Å². The van der Waals surface area contributed by atoms with Crippen LogP contribution in [0, 0.1) is 11.3 Å². The summed E-state index contributed by atoms with van der Waals surface area (Å²) in [4.78, 5) is 21.7. The highest BCUT2D eigenvalue weighted by atomic mass is 15.3. The van der Waals surface area contributed by atoms with E-state index in [-0.39, 0.29) is 0 Å². The Bertz CT molecular complexity index is 945. The Hall–Kier alpha value is -3.73. The molecule has 8 nitrogen and oxygen atoms in total. The summed E-state index contributed by atoms with van der Waals surface area (Å²) in [5.41, 5.74) is 1.43. The number of piperazine rings is 1. The van der Waals surface area contributed by atoms with Crippen LogP contribution in [0.2, 0.25) is 0 Å². The van der Waals surface area contributed by atoms with Gasteiger partial charge < -0.3 is 15.1 Å². The van der Waals surface area contributed by atoms with Gasteiger partial charge in [0.2, 0.25) is 5.95 Å². The lowest BCUT2D eigenvalue weighted by molar-refractivity contribution is 0.634. The molecule has 0 unspecified atom stereocenters. The van der Waals surface area contributed by atoms with Gasteiger partial charge in [0, 0.05) is 50.3 Å². The number of hydrogen-bond donors (Lipinski definition) is 1. The molecule has 0 radical (unpaired) electrons. The molecule has 0 aliphatic carbocycles. The van der Waals surface area contributed by atoms with Crippen molar-refractivity contribution in [3.8, 4) is 6.07 Å². The van der Waals surface area contributed by atoms with Crippen LogP contribution in [0.15, 0.2) is 55.1 Å². The third kappa shape index (κ3) is 3.93. The summed E-state index contributed by atoms with van der Waals surface area (Å²) < 4.78 is 0. The van der Waals surface area contributed by atoms with E-state index >= 15 is 0 Å². The van der Waals surface area contributed by atoms with E-state index in [1.54, 1.807) is 30.9 Å². The molecule has 0 spiro atoms. The number of anilines is 4. The van der Waals surface area contributed by atoms with Gasteiger partial charge in [-0.25, -0.2) is 19.9 Å². The molecular weight excluding hydrogens is 340 g/mol. The van der Waals surface area contributed by atoms with Crippen molar-refractivity contribution < 1.29 is 0 Å². The van der Waals surface area contributed by atoms with Gasteiger partial charge in [-0.3, -0.25) is 0 Å². The zero-order valence-corrected chi connectivity index (χ0v) is 14.7. The van der Waals surface area contributed by atoms with Gasteiger partial charge in [-0.15, -0.1) is 0 Å². The monoisotopic (exact) mass is 358 g/mol. The maximum absolute atomic E-state index is 9.02. The molecule has 1 saturated heterocycles. The zero-order chi connectivity index (χ0) is 18.5. The minimum atomic E-state index is 0.605. The van der Waals surface area contributed by atoms with Crippen molar-refractivity contribution in [1.29, 1.82) is 5.26 Å². The maximum atomic E-state index is 9.02. The Balaban J connectivity index is 1.43. The maximum Gasteiger partial charge on any atom is 0.225 e. The first-order chi connectivity index (χ1) is 13.3. The second-order valence-corrected chi connectivity index (χ2v) is 6.10. The van der Waals surface area contributed by atoms with Gasteiger partial charge in [0.05, 0.1) is 11.6 Å². The number of aromatic nitrogens is 4. The summed E-state index contributed by atoms with van der Waals surface area (Å²) in [7, 11) is 0. The summed E-state index contributed by atoms with van der Waals surface area (Å²) >= 11 is 0. The van der Waals surface area contributed by atoms with Gasteiger partial charge in [0.25, 0.3) is 0 Å². The fraction of sp³-hybridized carbons (Fsp3) is 0.211. The van der Waals surface area contributed by atoms with Crippen molar-refractivity contribution in [3.05, 3.63) is 60.7 Å². The average Bonchev–Trinajstić information content (AvgIpc) is 2.75. The van der Waals surface area contributed by atoms with Crippen LogP contribution in [0.25, 0.3) is 0 Å². The van der Waals surface area contributed by atoms with Crippen molar-refractivity contribution in [2.45, 2.75) is 0 Å². The zero-order valence-electron chi connectivity index (χ0n) is 14.7. The summed E-state index contributed by atoms with van der Waals surface area (Å²) in [5.74, 6) is 2.33. The molecule has 0 amide bonds. The van der Waals surface area contributed by atoms with Crippen molar-refractivity contribution in [2.75, 3.05) is 41.3 Å². The first-order valence-corrected chi connectivity index (χ1v) is 8.68. The van der Waals surface area contributed by atoms with E-state index in [4.69, 9.17) is 5.26 Å². The summed E-state index contributed by atoms with van der Waals surface area (Å²) in [6.07, 6.45) is 5.08. The predicted octanol–water partition coefficient (Wildman–Crippen LogP) is 2.21. The van der Waals surface area contributed by atoms with E-state index in [0.717, 1.165) is 43.6 Å². The van der Waals surface area contributed by atoms with Crippen LogP contribution in [0.3, 0.4) is 0 Å². The van der Waals surface area contributed by atoms with Gasteiger partial charge in [-0.2, -0.15) is 5.26 Å². The van der Waals surface area contributed by atoms with Crippen LogP contribution in [0.4, 0.5) is 23.3 Å². The van der Waals surface area contributed by atoms with E-state index in [2.05, 4.69) is 41.1 Å². The van der Waals surface area contributed by atoms with Gasteiger partial charge in [0.1, 0.15) is 18.0 Å². The molecule has 1 aliphatic heterocycles. The molecule has 1 aliphatic rings. The van der Waals surface area contributed by atoms with Crippen molar-refractivity contribution >= 4 is 23.3 Å². The highest BCUT2D eigenvalue weighted by Crippen LogP contribution is 2.21. The molecule has 4 rings (SSSR count). The third-order valence-corrected chi connectivity index (χ3v) is 4.36. The van der Waals surface area contributed by atoms with Crippen LogP contribution in [-0.2, 0) is 0 Å². The fourth-order valence-corrected chi connectivity index (χ4v) is 2.99. The minimum absolute atomic E-state index is 0.605. The van der Waals surface area contributed by atoms with Crippen molar-refractivity contribution in [1.82, 2.24) is 19.9 Å². The number of hydrogen-bond acceptors (Lipinski definition) is 8. The number of rotatable bonds is 4. The highest BCUT2D eigenvalue weighted by molar-refractivity contribution is 5.61. The van der Waals surface area contributed by atoms with Crippen LogP contribution < -0.4 is 15.1 Å². The Labute approximate surface area is 157 Å². The first kappa shape index (κ1) is 16.7. The molecular formula is C19H18N8. The molecule has 1 fully saturated rings. The van der Waals surface area contributed by atoms with E-state index in [9.17, 15) is 0 Å².